The van der Waals surface area contributed by atoms with Gasteiger partial charge in [0.15, 0.2) is 0 Å². The minimum atomic E-state index is -0.574. The maximum Gasteiger partial charge on any atom is 0.494 e. The van der Waals surface area contributed by atoms with Crippen molar-refractivity contribution in [3.8, 4) is 0 Å². The van der Waals surface area contributed by atoms with Crippen molar-refractivity contribution in [1.29, 1.82) is 0 Å². The van der Waals surface area contributed by atoms with Gasteiger partial charge in [0.2, 0.25) is 5.91 Å². The summed E-state index contributed by atoms with van der Waals surface area (Å²) in [5.41, 5.74) is 2.40. The van der Waals surface area contributed by atoms with E-state index in [2.05, 4.69) is 16.0 Å². The zero-order chi connectivity index (χ0) is 22.6. The van der Waals surface area contributed by atoms with Gasteiger partial charge in [-0.05, 0) is 76.8 Å². The van der Waals surface area contributed by atoms with Crippen molar-refractivity contribution in [2.75, 3.05) is 16.0 Å². The molecule has 3 amide bonds. The van der Waals surface area contributed by atoms with Crippen LogP contribution in [-0.4, -0.2) is 30.3 Å². The minimum absolute atomic E-state index is 0.0498. The molecule has 0 unspecified atom stereocenters. The third-order valence-electron chi connectivity index (χ3n) is 6.46. The second-order valence-corrected chi connectivity index (χ2v) is 9.63. The van der Waals surface area contributed by atoms with Crippen molar-refractivity contribution in [2.45, 2.75) is 58.2 Å². The number of anilines is 3. The summed E-state index contributed by atoms with van der Waals surface area (Å²) < 4.78 is 12.1. The van der Waals surface area contributed by atoms with E-state index >= 15 is 0 Å². The highest BCUT2D eigenvalue weighted by Crippen LogP contribution is 2.39. The molecule has 2 aliphatic rings. The zero-order valence-corrected chi connectivity index (χ0v) is 18.8. The molecule has 2 aromatic rings. The van der Waals surface area contributed by atoms with Crippen LogP contribution in [0.15, 0.2) is 42.5 Å². The predicted octanol–water partition coefficient (Wildman–Crippen LogP) is 3.86. The third kappa shape index (κ3) is 3.81. The van der Waals surface area contributed by atoms with Gasteiger partial charge in [-0.25, -0.2) is 4.79 Å². The topological polar surface area (TPSA) is 88.7 Å². The molecule has 162 valence electrons. The molecule has 4 rings (SSSR count). The number of hydrogen-bond acceptors (Lipinski definition) is 4. The largest absolute Gasteiger partial charge is 0.494 e. The van der Waals surface area contributed by atoms with Gasteiger partial charge in [-0.2, -0.15) is 0 Å². The fourth-order valence-corrected chi connectivity index (χ4v) is 3.67. The molecule has 0 spiro atoms. The molecule has 2 aliphatic heterocycles. The fraction of sp³-hybridized carbons (Fsp3) is 0.391. The molecule has 3 N–H and O–H groups in total. The van der Waals surface area contributed by atoms with E-state index in [0.717, 1.165) is 16.7 Å². The van der Waals surface area contributed by atoms with E-state index in [1.54, 1.807) is 12.1 Å². The first-order chi connectivity index (χ1) is 14.4. The molecule has 2 aromatic carbocycles. The average Bonchev–Trinajstić information content (AvgIpc) is 3.02. The molecule has 31 heavy (non-hydrogen) atoms. The first kappa shape index (κ1) is 21.4. The number of amides is 3. The average molecular weight is 421 g/mol. The smallest absolute Gasteiger partial charge is 0.399 e. The maximum absolute atomic E-state index is 12.4. The molecule has 7 nitrogen and oxygen atoms in total. The molecule has 2 heterocycles. The maximum atomic E-state index is 12.4. The van der Waals surface area contributed by atoms with Crippen LogP contribution in [0.4, 0.5) is 21.9 Å². The summed E-state index contributed by atoms with van der Waals surface area (Å²) in [6, 6.07) is 12.4. The van der Waals surface area contributed by atoms with Gasteiger partial charge in [-0.3, -0.25) is 4.79 Å². The Balaban J connectivity index is 1.39. The Morgan fingerprint density at radius 1 is 0.871 bits per heavy atom. The van der Waals surface area contributed by atoms with Crippen LogP contribution in [0.2, 0.25) is 0 Å². The summed E-state index contributed by atoms with van der Waals surface area (Å²) in [6.45, 7) is 11.8. The predicted molar refractivity (Wildman–Crippen MR) is 123 cm³/mol. The summed E-state index contributed by atoms with van der Waals surface area (Å²) in [4.78, 5) is 24.5. The number of carbonyl (C=O) groups is 2. The molecule has 8 heteroatoms. The minimum Gasteiger partial charge on any atom is -0.399 e. The monoisotopic (exact) mass is 421 g/mol. The van der Waals surface area contributed by atoms with Gasteiger partial charge in [0, 0.05) is 17.1 Å². The van der Waals surface area contributed by atoms with Crippen molar-refractivity contribution in [2.24, 2.45) is 0 Å². The summed E-state index contributed by atoms with van der Waals surface area (Å²) in [7, 11) is -0.446. The normalized spacial score (nSPS) is 20.2. The Kier molecular flexibility index (Phi) is 4.90. The molecule has 0 aromatic heterocycles. The number of carbonyl (C=O) groups excluding carboxylic acids is 2. The van der Waals surface area contributed by atoms with Gasteiger partial charge in [0.1, 0.15) is 0 Å². The van der Waals surface area contributed by atoms with E-state index in [9.17, 15) is 9.59 Å². The molecule has 1 fully saturated rings. The van der Waals surface area contributed by atoms with Crippen LogP contribution >= 0.6 is 0 Å². The second kappa shape index (κ2) is 7.10. The second-order valence-electron chi connectivity index (χ2n) is 9.63. The number of rotatable bonds is 3. The molecule has 0 radical (unpaired) electrons. The Bertz CT molecular complexity index is 1030. The van der Waals surface area contributed by atoms with Crippen molar-refractivity contribution in [1.82, 2.24) is 0 Å². The van der Waals surface area contributed by atoms with Gasteiger partial charge in [-0.15, -0.1) is 0 Å². The lowest BCUT2D eigenvalue weighted by molar-refractivity contribution is -0.119. The van der Waals surface area contributed by atoms with Crippen LogP contribution in [0.25, 0.3) is 0 Å². The van der Waals surface area contributed by atoms with Crippen LogP contribution in [0.5, 0.6) is 0 Å². The molecular formula is C23H28BN3O4. The van der Waals surface area contributed by atoms with E-state index in [1.807, 2.05) is 71.9 Å². The van der Waals surface area contributed by atoms with Crippen molar-refractivity contribution >= 4 is 41.6 Å². The third-order valence-corrected chi connectivity index (χ3v) is 6.46. The molecular weight excluding hydrogens is 393 g/mol. The van der Waals surface area contributed by atoms with E-state index in [4.69, 9.17) is 9.31 Å². The summed E-state index contributed by atoms with van der Waals surface area (Å²) in [6.07, 6.45) is 0. The fourth-order valence-electron chi connectivity index (χ4n) is 3.67. The SMILES string of the molecule is CC1(C)C(=O)Nc2cc(NC(=O)Nc3ccc(B4OC(C)(C)C(C)(C)O4)cc3)ccc21. The van der Waals surface area contributed by atoms with E-state index in [-0.39, 0.29) is 11.9 Å². The van der Waals surface area contributed by atoms with Crippen molar-refractivity contribution in [3.63, 3.8) is 0 Å². The zero-order valence-electron chi connectivity index (χ0n) is 18.8. The highest BCUT2D eigenvalue weighted by Gasteiger charge is 2.51. The number of urea groups is 1. The lowest BCUT2D eigenvalue weighted by Crippen LogP contribution is -2.41. The molecule has 0 aliphatic carbocycles. The van der Waals surface area contributed by atoms with Crippen molar-refractivity contribution in [3.05, 3.63) is 48.0 Å². The standard InChI is InChI=1S/C23H28BN3O4/c1-21(2)17-12-11-16(13-18(17)27-19(21)28)26-20(29)25-15-9-7-14(8-10-15)24-30-22(3,4)23(5,6)31-24/h7-13H,1-6H3,(H,27,28)(H2,25,26,29). The first-order valence-corrected chi connectivity index (χ1v) is 10.4. The van der Waals surface area contributed by atoms with Gasteiger partial charge in [-0.1, -0.05) is 18.2 Å². The van der Waals surface area contributed by atoms with Crippen molar-refractivity contribution < 1.29 is 18.9 Å². The van der Waals surface area contributed by atoms with Crippen LogP contribution < -0.4 is 21.4 Å². The highest BCUT2D eigenvalue weighted by molar-refractivity contribution is 6.62. The summed E-state index contributed by atoms with van der Waals surface area (Å²) >= 11 is 0. The van der Waals surface area contributed by atoms with E-state index in [0.29, 0.717) is 11.4 Å². The Morgan fingerprint density at radius 2 is 1.42 bits per heavy atom. The van der Waals surface area contributed by atoms with Crippen LogP contribution in [0, 0.1) is 0 Å². The molecule has 0 bridgehead atoms. The Morgan fingerprint density at radius 3 is 2.03 bits per heavy atom. The summed E-state index contributed by atoms with van der Waals surface area (Å²) in [5, 5.41) is 8.48. The molecule has 0 saturated carbocycles. The highest BCUT2D eigenvalue weighted by atomic mass is 16.7. The van der Waals surface area contributed by atoms with E-state index < -0.39 is 23.7 Å². The lowest BCUT2D eigenvalue weighted by Gasteiger charge is -2.32. The van der Waals surface area contributed by atoms with Gasteiger partial charge in [0.25, 0.3) is 0 Å². The van der Waals surface area contributed by atoms with Crippen LogP contribution in [0.3, 0.4) is 0 Å². The molecule has 0 atom stereocenters. The van der Waals surface area contributed by atoms with Crippen LogP contribution in [0.1, 0.15) is 47.1 Å². The molecule has 1 saturated heterocycles. The summed E-state index contributed by atoms with van der Waals surface area (Å²) in [5.74, 6) is -0.0498. The first-order valence-electron chi connectivity index (χ1n) is 10.4. The van der Waals surface area contributed by atoms with Gasteiger partial charge < -0.3 is 25.3 Å². The number of nitrogens with one attached hydrogen (secondary N) is 3. The number of fused-ring (bicyclic) bond motifs is 1. The lowest BCUT2D eigenvalue weighted by atomic mass is 9.79. The van der Waals surface area contributed by atoms with Crippen LogP contribution in [-0.2, 0) is 19.5 Å². The quantitative estimate of drug-likeness (QED) is 0.657. The van der Waals surface area contributed by atoms with E-state index in [1.165, 1.54) is 0 Å². The Hall–Kier alpha value is -2.84. The number of hydrogen-bond donors (Lipinski definition) is 3. The van der Waals surface area contributed by atoms with Gasteiger partial charge in [0.05, 0.1) is 16.6 Å². The van der Waals surface area contributed by atoms with Gasteiger partial charge >= 0.3 is 13.1 Å². The Labute approximate surface area is 183 Å². The number of benzene rings is 2.